The second-order valence-electron chi connectivity index (χ2n) is 4.50. The predicted molar refractivity (Wildman–Crippen MR) is 65.4 cm³/mol. The molecule has 4 nitrogen and oxygen atoms in total. The third kappa shape index (κ3) is 2.44. The zero-order valence-corrected chi connectivity index (χ0v) is 10.1. The summed E-state index contributed by atoms with van der Waals surface area (Å²) in [6.07, 6.45) is 5.25. The monoisotopic (exact) mass is 222 g/mol. The minimum absolute atomic E-state index is 0.572. The number of hydrogen-bond donors (Lipinski definition) is 1. The van der Waals surface area contributed by atoms with E-state index in [1.807, 2.05) is 6.20 Å². The van der Waals surface area contributed by atoms with E-state index in [-0.39, 0.29) is 0 Å². The first-order valence-corrected chi connectivity index (χ1v) is 6.30. The molecule has 90 valence electrons. The van der Waals surface area contributed by atoms with E-state index in [0.29, 0.717) is 6.04 Å². The maximum absolute atomic E-state index is 5.55. The highest BCUT2D eigenvalue weighted by Crippen LogP contribution is 2.22. The van der Waals surface area contributed by atoms with Crippen molar-refractivity contribution >= 4 is 0 Å². The summed E-state index contributed by atoms with van der Waals surface area (Å²) in [4.78, 5) is 2.49. The van der Waals surface area contributed by atoms with Gasteiger partial charge in [-0.3, -0.25) is 4.68 Å². The van der Waals surface area contributed by atoms with Gasteiger partial charge in [0.25, 0.3) is 0 Å². The lowest BCUT2D eigenvalue weighted by atomic mass is 10.2. The van der Waals surface area contributed by atoms with Crippen LogP contribution in [0.15, 0.2) is 12.3 Å². The third-order valence-electron chi connectivity index (χ3n) is 3.43. The van der Waals surface area contributed by atoms with Crippen LogP contribution < -0.4 is 5.73 Å². The van der Waals surface area contributed by atoms with E-state index in [9.17, 15) is 0 Å². The Morgan fingerprint density at radius 2 is 2.44 bits per heavy atom. The first-order valence-electron chi connectivity index (χ1n) is 6.30. The number of rotatable bonds is 5. The summed E-state index contributed by atoms with van der Waals surface area (Å²) in [5, 5.41) is 4.47. The second kappa shape index (κ2) is 5.46. The highest BCUT2D eigenvalue weighted by Gasteiger charge is 2.24. The van der Waals surface area contributed by atoms with Crippen LogP contribution in [-0.4, -0.2) is 40.9 Å². The van der Waals surface area contributed by atoms with Crippen LogP contribution in [0.2, 0.25) is 0 Å². The van der Waals surface area contributed by atoms with Crippen molar-refractivity contribution in [2.45, 2.75) is 32.2 Å². The highest BCUT2D eigenvalue weighted by molar-refractivity contribution is 5.03. The molecule has 1 unspecified atom stereocenters. The Labute approximate surface area is 97.4 Å². The van der Waals surface area contributed by atoms with Gasteiger partial charge in [-0.05, 0) is 38.4 Å². The molecule has 0 saturated carbocycles. The Balaban J connectivity index is 2.00. The van der Waals surface area contributed by atoms with Crippen LogP contribution in [0, 0.1) is 0 Å². The van der Waals surface area contributed by atoms with Gasteiger partial charge in [0.1, 0.15) is 0 Å². The van der Waals surface area contributed by atoms with Crippen molar-refractivity contribution in [3.8, 4) is 0 Å². The predicted octanol–water partition coefficient (Wildman–Crippen LogP) is 1.04. The minimum atomic E-state index is 0.572. The van der Waals surface area contributed by atoms with E-state index in [4.69, 9.17) is 5.73 Å². The molecule has 2 heterocycles. The fraction of sp³-hybridized carbons (Fsp3) is 0.750. The van der Waals surface area contributed by atoms with Gasteiger partial charge in [0, 0.05) is 25.0 Å². The maximum atomic E-state index is 5.55. The first-order chi connectivity index (χ1) is 7.85. The summed E-state index contributed by atoms with van der Waals surface area (Å²) in [6.45, 7) is 6.48. The Morgan fingerprint density at radius 3 is 3.12 bits per heavy atom. The third-order valence-corrected chi connectivity index (χ3v) is 3.43. The molecule has 0 bridgehead atoms. The van der Waals surface area contributed by atoms with Crippen molar-refractivity contribution < 1.29 is 0 Å². The lowest BCUT2D eigenvalue weighted by Gasteiger charge is -2.16. The number of aromatic nitrogens is 2. The van der Waals surface area contributed by atoms with Crippen molar-refractivity contribution in [3.05, 3.63) is 18.0 Å². The molecule has 0 aliphatic carbocycles. The smallest absolute Gasteiger partial charge is 0.0661 e. The molecule has 1 aromatic heterocycles. The number of likely N-dealkylation sites (N-methyl/N-ethyl adjacent to an activating group) is 1. The van der Waals surface area contributed by atoms with Gasteiger partial charge in [0.2, 0.25) is 0 Å². The van der Waals surface area contributed by atoms with E-state index in [1.165, 1.54) is 18.7 Å². The normalized spacial score (nSPS) is 21.8. The second-order valence-corrected chi connectivity index (χ2v) is 4.50. The van der Waals surface area contributed by atoms with Crippen molar-refractivity contribution in [1.29, 1.82) is 0 Å². The molecule has 1 aromatic rings. The fourth-order valence-corrected chi connectivity index (χ4v) is 2.45. The van der Waals surface area contributed by atoms with Crippen LogP contribution in [0.5, 0.6) is 0 Å². The quantitative estimate of drug-likeness (QED) is 0.810. The SMILES string of the molecule is CCN1CCC(n2nccc2CCCN)C1. The van der Waals surface area contributed by atoms with Crippen LogP contribution >= 0.6 is 0 Å². The molecule has 16 heavy (non-hydrogen) atoms. The summed E-state index contributed by atoms with van der Waals surface area (Å²) in [6, 6.07) is 2.70. The number of aryl methyl sites for hydroxylation is 1. The van der Waals surface area contributed by atoms with E-state index >= 15 is 0 Å². The van der Waals surface area contributed by atoms with Crippen LogP contribution in [0.4, 0.5) is 0 Å². The molecular formula is C12H22N4. The van der Waals surface area contributed by atoms with Gasteiger partial charge in [0.05, 0.1) is 6.04 Å². The largest absolute Gasteiger partial charge is 0.330 e. The van der Waals surface area contributed by atoms with E-state index in [1.54, 1.807) is 0 Å². The molecule has 0 amide bonds. The molecule has 4 heteroatoms. The molecule has 1 aliphatic heterocycles. The number of nitrogens with zero attached hydrogens (tertiary/aromatic N) is 3. The molecule has 1 fully saturated rings. The van der Waals surface area contributed by atoms with E-state index in [2.05, 4.69) is 27.7 Å². The molecular weight excluding hydrogens is 200 g/mol. The molecule has 1 saturated heterocycles. The standard InChI is InChI=1S/C12H22N4/c1-2-15-9-6-12(10-15)16-11(4-3-7-13)5-8-14-16/h5,8,12H,2-4,6-7,9-10,13H2,1H3. The van der Waals surface area contributed by atoms with Crippen molar-refractivity contribution in [1.82, 2.24) is 14.7 Å². The van der Waals surface area contributed by atoms with E-state index < -0.39 is 0 Å². The number of likely N-dealkylation sites (tertiary alicyclic amines) is 1. The first kappa shape index (κ1) is 11.6. The van der Waals surface area contributed by atoms with Crippen LogP contribution in [0.1, 0.15) is 31.5 Å². The molecule has 1 aliphatic rings. The van der Waals surface area contributed by atoms with E-state index in [0.717, 1.165) is 32.5 Å². The average molecular weight is 222 g/mol. The van der Waals surface area contributed by atoms with Crippen molar-refractivity contribution in [2.24, 2.45) is 5.73 Å². The van der Waals surface area contributed by atoms with Crippen LogP contribution in [0.25, 0.3) is 0 Å². The molecule has 0 aromatic carbocycles. The van der Waals surface area contributed by atoms with Gasteiger partial charge >= 0.3 is 0 Å². The summed E-state index contributed by atoms with van der Waals surface area (Å²) in [5.74, 6) is 0. The van der Waals surface area contributed by atoms with Gasteiger partial charge < -0.3 is 10.6 Å². The lowest BCUT2D eigenvalue weighted by Crippen LogP contribution is -2.22. The zero-order chi connectivity index (χ0) is 11.4. The molecule has 0 radical (unpaired) electrons. The Morgan fingerprint density at radius 1 is 1.56 bits per heavy atom. The van der Waals surface area contributed by atoms with Gasteiger partial charge in [0.15, 0.2) is 0 Å². The summed E-state index contributed by atoms with van der Waals surface area (Å²) in [5.41, 5.74) is 6.90. The van der Waals surface area contributed by atoms with Gasteiger partial charge in [-0.1, -0.05) is 6.92 Å². The Kier molecular flexibility index (Phi) is 3.96. The number of nitrogens with two attached hydrogens (primary N) is 1. The van der Waals surface area contributed by atoms with Gasteiger partial charge in [-0.2, -0.15) is 5.10 Å². The summed E-state index contributed by atoms with van der Waals surface area (Å²) >= 11 is 0. The molecule has 0 spiro atoms. The molecule has 2 rings (SSSR count). The van der Waals surface area contributed by atoms with Crippen molar-refractivity contribution in [2.75, 3.05) is 26.2 Å². The Bertz CT molecular complexity index is 321. The topological polar surface area (TPSA) is 47.1 Å². The Hall–Kier alpha value is -0.870. The zero-order valence-electron chi connectivity index (χ0n) is 10.1. The van der Waals surface area contributed by atoms with Gasteiger partial charge in [-0.15, -0.1) is 0 Å². The highest BCUT2D eigenvalue weighted by atomic mass is 15.3. The van der Waals surface area contributed by atoms with Crippen molar-refractivity contribution in [3.63, 3.8) is 0 Å². The van der Waals surface area contributed by atoms with Crippen LogP contribution in [0.3, 0.4) is 0 Å². The molecule has 1 atom stereocenters. The fourth-order valence-electron chi connectivity index (χ4n) is 2.45. The summed E-state index contributed by atoms with van der Waals surface area (Å²) < 4.78 is 2.21. The number of hydrogen-bond acceptors (Lipinski definition) is 3. The summed E-state index contributed by atoms with van der Waals surface area (Å²) in [7, 11) is 0. The minimum Gasteiger partial charge on any atom is -0.330 e. The molecule has 2 N–H and O–H groups in total. The van der Waals surface area contributed by atoms with Crippen LogP contribution in [-0.2, 0) is 6.42 Å². The lowest BCUT2D eigenvalue weighted by molar-refractivity contribution is 0.333. The van der Waals surface area contributed by atoms with Gasteiger partial charge in [-0.25, -0.2) is 0 Å². The maximum Gasteiger partial charge on any atom is 0.0661 e. The average Bonchev–Trinajstić information content (AvgIpc) is 2.94.